The zero-order chi connectivity index (χ0) is 35.5. The molecule has 5 aromatic heterocycles. The number of nitrogens with zero attached hydrogens (tertiary/aromatic N) is 4. The van der Waals surface area contributed by atoms with Crippen molar-refractivity contribution < 1.29 is 0 Å². The lowest BCUT2D eigenvalue weighted by Crippen LogP contribution is -2.00. The second kappa shape index (κ2) is 11.1. The van der Waals surface area contributed by atoms with E-state index in [1.165, 1.54) is 61.9 Å². The first-order valence-electron chi connectivity index (χ1n) is 17.9. The maximum absolute atomic E-state index is 10.6. The number of aromatic nitrogens is 3. The molecule has 0 aliphatic carbocycles. The summed E-state index contributed by atoms with van der Waals surface area (Å²) in [5, 5.41) is 20.7. The fraction of sp³-hybridized carbons (Fsp3) is 0. The maximum Gasteiger partial charge on any atom is 0.0998 e. The van der Waals surface area contributed by atoms with Crippen LogP contribution in [-0.4, -0.2) is 14.1 Å². The van der Waals surface area contributed by atoms with Crippen molar-refractivity contribution in [2.75, 3.05) is 0 Å². The summed E-state index contributed by atoms with van der Waals surface area (Å²) in [6.45, 7) is 0. The monoisotopic (exact) mass is 722 g/mol. The first kappa shape index (κ1) is 29.8. The van der Waals surface area contributed by atoms with Crippen LogP contribution in [0.3, 0.4) is 0 Å². The molecule has 250 valence electrons. The van der Waals surface area contributed by atoms with Gasteiger partial charge in [-0.3, -0.25) is 4.98 Å². The molecule has 0 N–H and O–H groups in total. The fourth-order valence-corrected chi connectivity index (χ4v) is 11.3. The largest absolute Gasteiger partial charge is 0.309 e. The van der Waals surface area contributed by atoms with Crippen molar-refractivity contribution in [3.63, 3.8) is 0 Å². The Balaban J connectivity index is 1.13. The van der Waals surface area contributed by atoms with Crippen molar-refractivity contribution >= 4 is 107 Å². The molecule has 7 aromatic carbocycles. The van der Waals surface area contributed by atoms with Gasteiger partial charge in [-0.05, 0) is 60.7 Å². The lowest BCUT2D eigenvalue weighted by Gasteiger charge is -2.16. The second-order valence-corrected chi connectivity index (χ2v) is 15.9. The highest BCUT2D eigenvalue weighted by Crippen LogP contribution is 2.46. The third kappa shape index (κ3) is 3.97. The molecule has 0 aliphatic rings. The maximum atomic E-state index is 10.6. The normalized spacial score (nSPS) is 12.1. The summed E-state index contributed by atoms with van der Waals surface area (Å²) in [5.41, 5.74) is 8.87. The number of nitriles is 1. The van der Waals surface area contributed by atoms with Crippen LogP contribution in [0.2, 0.25) is 0 Å². The summed E-state index contributed by atoms with van der Waals surface area (Å²) in [5.74, 6) is 0. The molecule has 6 heteroatoms. The number of rotatable bonds is 3. The van der Waals surface area contributed by atoms with E-state index in [2.05, 4.69) is 160 Å². The second-order valence-electron chi connectivity index (χ2n) is 13.8. The number of para-hydroxylation sites is 2. The number of pyridine rings is 1. The molecule has 0 bridgehead atoms. The Labute approximate surface area is 316 Å². The molecule has 0 saturated heterocycles. The van der Waals surface area contributed by atoms with Crippen molar-refractivity contribution in [3.05, 3.63) is 164 Å². The molecular weight excluding hydrogens is 697 g/mol. The minimum atomic E-state index is 0.605. The number of benzene rings is 7. The predicted octanol–water partition coefficient (Wildman–Crippen LogP) is 13.6. The Bertz CT molecular complexity index is 3590. The average molecular weight is 723 g/mol. The minimum Gasteiger partial charge on any atom is -0.309 e. The molecule has 12 aromatic rings. The molecular formula is C48H26N4S2. The van der Waals surface area contributed by atoms with E-state index in [1.807, 2.05) is 41.1 Å². The third-order valence-electron chi connectivity index (χ3n) is 11.1. The van der Waals surface area contributed by atoms with Crippen LogP contribution in [0.4, 0.5) is 0 Å². The van der Waals surface area contributed by atoms with E-state index in [1.54, 1.807) is 0 Å². The molecule has 0 unspecified atom stereocenters. The molecule has 5 heterocycles. The van der Waals surface area contributed by atoms with Gasteiger partial charge >= 0.3 is 0 Å². The predicted molar refractivity (Wildman–Crippen MR) is 229 cm³/mol. The van der Waals surface area contributed by atoms with E-state index >= 15 is 0 Å². The molecule has 0 spiro atoms. The number of thiophene rings is 2. The molecule has 4 nitrogen and oxygen atoms in total. The zero-order valence-corrected chi connectivity index (χ0v) is 30.2. The number of hydrogen-bond acceptors (Lipinski definition) is 4. The van der Waals surface area contributed by atoms with Crippen molar-refractivity contribution in [2.45, 2.75) is 0 Å². The molecule has 0 fully saturated rings. The Hall–Kier alpha value is -6.78. The highest BCUT2D eigenvalue weighted by Gasteiger charge is 2.22. The summed E-state index contributed by atoms with van der Waals surface area (Å²) >= 11 is 3.71. The molecule has 0 atom stereocenters. The van der Waals surface area contributed by atoms with Gasteiger partial charge in [0.15, 0.2) is 0 Å². The zero-order valence-electron chi connectivity index (χ0n) is 28.6. The highest BCUT2D eigenvalue weighted by atomic mass is 32.1. The first-order chi connectivity index (χ1) is 26.8. The summed E-state index contributed by atoms with van der Waals surface area (Å²) in [6, 6.07) is 54.6. The van der Waals surface area contributed by atoms with Crippen LogP contribution < -0.4 is 0 Å². The quantitative estimate of drug-likeness (QED) is 0.182. The van der Waals surface area contributed by atoms with Gasteiger partial charge in [-0.25, -0.2) is 0 Å². The van der Waals surface area contributed by atoms with E-state index < -0.39 is 0 Å². The Morgan fingerprint density at radius 3 is 1.67 bits per heavy atom. The van der Waals surface area contributed by atoms with Gasteiger partial charge in [0.1, 0.15) is 0 Å². The van der Waals surface area contributed by atoms with Gasteiger partial charge < -0.3 is 9.13 Å². The van der Waals surface area contributed by atoms with Crippen LogP contribution in [0.1, 0.15) is 5.56 Å². The van der Waals surface area contributed by atoms with Crippen molar-refractivity contribution in [2.24, 2.45) is 0 Å². The van der Waals surface area contributed by atoms with E-state index in [9.17, 15) is 5.26 Å². The van der Waals surface area contributed by atoms with Crippen LogP contribution in [0.15, 0.2) is 158 Å². The van der Waals surface area contributed by atoms with E-state index in [0.717, 1.165) is 44.6 Å². The molecule has 12 rings (SSSR count). The summed E-state index contributed by atoms with van der Waals surface area (Å²) in [4.78, 5) is 4.67. The first-order valence-corrected chi connectivity index (χ1v) is 19.6. The number of hydrogen-bond donors (Lipinski definition) is 0. The van der Waals surface area contributed by atoms with E-state index in [4.69, 9.17) is 0 Å². The Morgan fingerprint density at radius 1 is 0.481 bits per heavy atom. The van der Waals surface area contributed by atoms with Crippen LogP contribution in [0.25, 0.3) is 106 Å². The Kier molecular flexibility index (Phi) is 6.12. The van der Waals surface area contributed by atoms with Gasteiger partial charge in [0, 0.05) is 91.1 Å². The van der Waals surface area contributed by atoms with Gasteiger partial charge in [-0.15, -0.1) is 22.7 Å². The topological polar surface area (TPSA) is 46.5 Å². The molecule has 0 amide bonds. The van der Waals surface area contributed by atoms with Gasteiger partial charge in [-0.1, -0.05) is 84.9 Å². The average Bonchev–Trinajstić information content (AvgIpc) is 3.98. The minimum absolute atomic E-state index is 0.605. The van der Waals surface area contributed by atoms with Gasteiger partial charge in [-0.2, -0.15) is 5.26 Å². The van der Waals surface area contributed by atoms with Gasteiger partial charge in [0.25, 0.3) is 0 Å². The lowest BCUT2D eigenvalue weighted by atomic mass is 9.99. The fourth-order valence-electron chi connectivity index (χ4n) is 8.79. The summed E-state index contributed by atoms with van der Waals surface area (Å²) in [7, 11) is 0. The highest BCUT2D eigenvalue weighted by molar-refractivity contribution is 7.27. The summed E-state index contributed by atoms with van der Waals surface area (Å²) in [6.07, 6.45) is 3.77. The number of fused-ring (bicyclic) bond motifs is 14. The molecule has 54 heavy (non-hydrogen) atoms. The lowest BCUT2D eigenvalue weighted by molar-refractivity contribution is 1.15. The SMILES string of the molecule is N#Cc1ccc(-n2c3ccccc3c3c4sc5ccccc5c4ccc32)cc1-c1cnccc1-n1c2ccccc2c2c3sc4ccccc4c3ccc21. The van der Waals surface area contributed by atoms with Crippen LogP contribution in [0.5, 0.6) is 0 Å². The Morgan fingerprint density at radius 2 is 1.04 bits per heavy atom. The van der Waals surface area contributed by atoms with Crippen molar-refractivity contribution in [3.8, 4) is 28.6 Å². The van der Waals surface area contributed by atoms with Gasteiger partial charge in [0.05, 0.1) is 39.4 Å². The third-order valence-corrected chi connectivity index (χ3v) is 13.5. The van der Waals surface area contributed by atoms with E-state index in [0.29, 0.717) is 5.56 Å². The smallest absolute Gasteiger partial charge is 0.0998 e. The van der Waals surface area contributed by atoms with E-state index in [-0.39, 0.29) is 0 Å². The van der Waals surface area contributed by atoms with Crippen LogP contribution in [0, 0.1) is 11.3 Å². The van der Waals surface area contributed by atoms with Crippen molar-refractivity contribution in [1.29, 1.82) is 5.26 Å². The van der Waals surface area contributed by atoms with Gasteiger partial charge in [0.2, 0.25) is 0 Å². The molecule has 0 radical (unpaired) electrons. The van der Waals surface area contributed by atoms with Crippen LogP contribution in [-0.2, 0) is 0 Å². The summed E-state index contributed by atoms with van der Waals surface area (Å²) < 4.78 is 9.88. The van der Waals surface area contributed by atoms with Crippen LogP contribution >= 0.6 is 22.7 Å². The van der Waals surface area contributed by atoms with Crippen molar-refractivity contribution in [1.82, 2.24) is 14.1 Å². The standard InChI is InChI=1S/C48H26N4S2/c49-26-28-17-18-29(51-38-13-5-1-11-34(38)45-41(51)21-19-32-30-9-3-7-15-43(30)53-47(32)45)25-36(28)37-27-50-24-23-40(37)52-39-14-6-2-12-35(39)46-42(52)22-20-33-31-10-4-8-16-44(31)54-48(33)46/h1-25,27H. The molecule has 0 aliphatic heterocycles. The molecule has 0 saturated carbocycles.